The lowest BCUT2D eigenvalue weighted by atomic mass is 10.1. The number of aromatic nitrogens is 2. The van der Waals surface area contributed by atoms with Gasteiger partial charge in [0.2, 0.25) is 11.7 Å². The molecule has 2 aromatic heterocycles. The van der Waals surface area contributed by atoms with Gasteiger partial charge in [-0.15, -0.1) is 11.3 Å². The molecule has 3 aromatic rings. The molecule has 1 aliphatic heterocycles. The number of hydrogen-bond donors (Lipinski definition) is 0. The van der Waals surface area contributed by atoms with E-state index in [1.807, 2.05) is 24.0 Å². The van der Waals surface area contributed by atoms with Crippen LogP contribution in [0.25, 0.3) is 11.3 Å². The van der Waals surface area contributed by atoms with E-state index in [2.05, 4.69) is 29.2 Å². The van der Waals surface area contributed by atoms with Crippen LogP contribution in [-0.2, 0) is 11.2 Å². The highest BCUT2D eigenvalue weighted by Gasteiger charge is 2.27. The van der Waals surface area contributed by atoms with Crippen LogP contribution >= 0.6 is 11.3 Å². The first-order chi connectivity index (χ1) is 14.4. The number of benzene rings is 1. The topological polar surface area (TPSA) is 79.5 Å². The Labute approximate surface area is 179 Å². The second-order valence-electron chi connectivity index (χ2n) is 7.55. The van der Waals surface area contributed by atoms with Gasteiger partial charge in [0.05, 0.1) is 22.8 Å². The zero-order valence-corrected chi connectivity index (χ0v) is 18.2. The average molecular weight is 425 g/mol. The van der Waals surface area contributed by atoms with Crippen molar-refractivity contribution < 1.29 is 14.1 Å². The minimum Gasteiger partial charge on any atom is -0.351 e. The largest absolute Gasteiger partial charge is 0.351 e. The van der Waals surface area contributed by atoms with Crippen LogP contribution in [0.1, 0.15) is 31.7 Å². The molecule has 0 atom stereocenters. The molecule has 0 spiro atoms. The molecule has 0 unspecified atom stereocenters. The first kappa shape index (κ1) is 20.3. The molecule has 0 bridgehead atoms. The van der Waals surface area contributed by atoms with E-state index in [0.717, 1.165) is 21.1 Å². The molecule has 1 aromatic carbocycles. The quantitative estimate of drug-likeness (QED) is 0.642. The van der Waals surface area contributed by atoms with Crippen LogP contribution in [0.5, 0.6) is 0 Å². The molecular formula is C22H24N4O3S. The number of hydrogen-bond acceptors (Lipinski definition) is 6. The molecule has 30 heavy (non-hydrogen) atoms. The Morgan fingerprint density at radius 2 is 1.70 bits per heavy atom. The molecule has 3 heterocycles. The number of nitrogens with zero attached hydrogens (tertiary/aromatic N) is 4. The first-order valence-electron chi connectivity index (χ1n) is 9.94. The molecule has 0 radical (unpaired) electrons. The maximum absolute atomic E-state index is 12.9. The van der Waals surface area contributed by atoms with Gasteiger partial charge in [-0.1, -0.05) is 35.0 Å². The molecule has 0 N–H and O–H groups in total. The van der Waals surface area contributed by atoms with Crippen LogP contribution in [0.3, 0.4) is 0 Å². The third kappa shape index (κ3) is 4.28. The lowest BCUT2D eigenvalue weighted by Crippen LogP contribution is -2.50. The standard InChI is InChI=1S/C22H24N4O3S/c1-14-4-6-17(7-5-14)21-19(30-16(3)23-21)13-20(27)25-8-10-26(11-9-25)22(28)18-12-15(2)24-29-18/h4-7,12H,8-11,13H2,1-3H3. The molecule has 0 saturated carbocycles. The van der Waals surface area contributed by atoms with Gasteiger partial charge in [-0.3, -0.25) is 9.59 Å². The van der Waals surface area contributed by atoms with Crippen molar-refractivity contribution in [1.82, 2.24) is 19.9 Å². The number of carbonyl (C=O) groups excluding carboxylic acids is 2. The number of rotatable bonds is 4. The summed E-state index contributed by atoms with van der Waals surface area (Å²) in [5.41, 5.74) is 3.79. The van der Waals surface area contributed by atoms with E-state index in [0.29, 0.717) is 38.3 Å². The van der Waals surface area contributed by atoms with Gasteiger partial charge in [-0.2, -0.15) is 0 Å². The lowest BCUT2D eigenvalue weighted by Gasteiger charge is -2.34. The number of amides is 2. The maximum atomic E-state index is 12.9. The van der Waals surface area contributed by atoms with Crippen molar-refractivity contribution >= 4 is 23.2 Å². The monoisotopic (exact) mass is 424 g/mol. The van der Waals surface area contributed by atoms with Gasteiger partial charge in [0.15, 0.2) is 0 Å². The third-order valence-electron chi connectivity index (χ3n) is 5.20. The SMILES string of the molecule is Cc1ccc(-c2nc(C)sc2CC(=O)N2CCN(C(=O)c3cc(C)no3)CC2)cc1. The average Bonchev–Trinajstić information content (AvgIpc) is 3.33. The van der Waals surface area contributed by atoms with Crippen LogP contribution in [0.2, 0.25) is 0 Å². The number of aryl methyl sites for hydroxylation is 3. The highest BCUT2D eigenvalue weighted by atomic mass is 32.1. The smallest absolute Gasteiger partial charge is 0.292 e. The second-order valence-corrected chi connectivity index (χ2v) is 8.84. The Kier molecular flexibility index (Phi) is 5.67. The first-order valence-corrected chi connectivity index (χ1v) is 10.8. The zero-order chi connectivity index (χ0) is 21.3. The molecule has 0 aliphatic carbocycles. The second kappa shape index (κ2) is 8.39. The van der Waals surface area contributed by atoms with E-state index >= 15 is 0 Å². The summed E-state index contributed by atoms with van der Waals surface area (Å²) >= 11 is 1.57. The van der Waals surface area contributed by atoms with Crippen molar-refractivity contribution in [3.8, 4) is 11.3 Å². The summed E-state index contributed by atoms with van der Waals surface area (Å²) in [5.74, 6) is 0.132. The highest BCUT2D eigenvalue weighted by molar-refractivity contribution is 7.12. The van der Waals surface area contributed by atoms with E-state index in [1.165, 1.54) is 5.56 Å². The zero-order valence-electron chi connectivity index (χ0n) is 17.3. The van der Waals surface area contributed by atoms with Crippen molar-refractivity contribution in [1.29, 1.82) is 0 Å². The summed E-state index contributed by atoms with van der Waals surface area (Å²) in [5, 5.41) is 4.72. The summed E-state index contributed by atoms with van der Waals surface area (Å²) in [6.45, 7) is 7.78. The molecule has 1 saturated heterocycles. The van der Waals surface area contributed by atoms with E-state index in [-0.39, 0.29) is 17.6 Å². The molecule has 2 amide bonds. The van der Waals surface area contributed by atoms with Gasteiger partial charge in [0.1, 0.15) is 0 Å². The molecule has 1 fully saturated rings. The van der Waals surface area contributed by atoms with Crippen LogP contribution in [0.15, 0.2) is 34.9 Å². The Balaban J connectivity index is 1.40. The molecule has 156 valence electrons. The van der Waals surface area contributed by atoms with Crippen LogP contribution in [0.4, 0.5) is 0 Å². The summed E-state index contributed by atoms with van der Waals surface area (Å²) in [6.07, 6.45) is 0.323. The van der Waals surface area contributed by atoms with E-state index < -0.39 is 0 Å². The number of piperazine rings is 1. The van der Waals surface area contributed by atoms with Gasteiger partial charge in [-0.25, -0.2) is 4.98 Å². The predicted molar refractivity (Wildman–Crippen MR) is 114 cm³/mol. The number of thiazole rings is 1. The van der Waals surface area contributed by atoms with Gasteiger partial charge in [-0.05, 0) is 20.8 Å². The predicted octanol–water partition coefficient (Wildman–Crippen LogP) is 3.25. The fourth-order valence-corrected chi connectivity index (χ4v) is 4.50. The maximum Gasteiger partial charge on any atom is 0.292 e. The van der Waals surface area contributed by atoms with Gasteiger partial charge in [0.25, 0.3) is 5.91 Å². The Morgan fingerprint density at radius 3 is 2.33 bits per heavy atom. The normalized spacial score (nSPS) is 14.2. The van der Waals surface area contributed by atoms with Crippen LogP contribution in [-0.4, -0.2) is 57.9 Å². The molecular weight excluding hydrogens is 400 g/mol. The van der Waals surface area contributed by atoms with Crippen molar-refractivity contribution in [3.63, 3.8) is 0 Å². The lowest BCUT2D eigenvalue weighted by molar-refractivity contribution is -0.131. The molecule has 4 rings (SSSR count). The van der Waals surface area contributed by atoms with Gasteiger partial charge in [0, 0.05) is 42.7 Å². The highest BCUT2D eigenvalue weighted by Crippen LogP contribution is 2.29. The third-order valence-corrected chi connectivity index (χ3v) is 6.17. The number of carbonyl (C=O) groups is 2. The van der Waals surface area contributed by atoms with E-state index in [4.69, 9.17) is 4.52 Å². The molecule has 1 aliphatic rings. The Bertz CT molecular complexity index is 1060. The van der Waals surface area contributed by atoms with Gasteiger partial charge < -0.3 is 14.3 Å². The summed E-state index contributed by atoms with van der Waals surface area (Å²) < 4.78 is 5.07. The molecule has 8 heteroatoms. The summed E-state index contributed by atoms with van der Waals surface area (Å²) in [6, 6.07) is 9.85. The van der Waals surface area contributed by atoms with Gasteiger partial charge >= 0.3 is 0 Å². The van der Waals surface area contributed by atoms with Crippen molar-refractivity contribution in [2.75, 3.05) is 26.2 Å². The minimum absolute atomic E-state index is 0.0645. The van der Waals surface area contributed by atoms with E-state index in [9.17, 15) is 9.59 Å². The van der Waals surface area contributed by atoms with Crippen LogP contribution < -0.4 is 0 Å². The summed E-state index contributed by atoms with van der Waals surface area (Å²) in [7, 11) is 0. The van der Waals surface area contributed by atoms with Crippen molar-refractivity contribution in [2.45, 2.75) is 27.2 Å². The molecule has 7 nitrogen and oxygen atoms in total. The Hall–Kier alpha value is -3.00. The van der Waals surface area contributed by atoms with Crippen molar-refractivity contribution in [2.24, 2.45) is 0 Å². The fraction of sp³-hybridized carbons (Fsp3) is 0.364. The van der Waals surface area contributed by atoms with Crippen molar-refractivity contribution in [3.05, 3.63) is 57.2 Å². The minimum atomic E-state index is -0.178. The van der Waals surface area contributed by atoms with Crippen LogP contribution in [0, 0.1) is 20.8 Å². The van der Waals surface area contributed by atoms with E-state index in [1.54, 1.807) is 29.2 Å². The summed E-state index contributed by atoms with van der Waals surface area (Å²) in [4.78, 5) is 34.6. The Morgan fingerprint density at radius 1 is 1.03 bits per heavy atom. The fourth-order valence-electron chi connectivity index (χ4n) is 3.55.